The number of benzene rings is 1. The number of aryl methyl sites for hydroxylation is 1. The van der Waals surface area contributed by atoms with Gasteiger partial charge in [-0.3, -0.25) is 14.5 Å². The maximum Gasteiger partial charge on any atom is 0.250 e. The van der Waals surface area contributed by atoms with E-state index >= 15 is 0 Å². The van der Waals surface area contributed by atoms with Crippen LogP contribution >= 0.6 is 0 Å². The van der Waals surface area contributed by atoms with E-state index in [1.807, 2.05) is 39.0 Å². The molecule has 2 N–H and O–H groups in total. The minimum absolute atomic E-state index is 0.294. The highest BCUT2D eigenvalue weighted by Crippen LogP contribution is 2.29. The Morgan fingerprint density at radius 1 is 1.08 bits per heavy atom. The number of hydrogen-bond acceptors (Lipinski definition) is 8. The zero-order chi connectivity index (χ0) is 26.2. The Morgan fingerprint density at radius 3 is 2.59 bits per heavy atom. The molecule has 3 heterocycles. The fourth-order valence-corrected chi connectivity index (χ4v) is 5.01. The van der Waals surface area contributed by atoms with Crippen LogP contribution in [-0.4, -0.2) is 65.2 Å². The summed E-state index contributed by atoms with van der Waals surface area (Å²) in [4.78, 5) is 41.2. The van der Waals surface area contributed by atoms with Crippen molar-refractivity contribution in [1.29, 1.82) is 0 Å². The summed E-state index contributed by atoms with van der Waals surface area (Å²) < 4.78 is 5.41. The lowest BCUT2D eigenvalue weighted by molar-refractivity contribution is 0.253. The van der Waals surface area contributed by atoms with E-state index in [0.717, 1.165) is 67.8 Å². The molecular formula is C28H34N6O3. The highest BCUT2D eigenvalue weighted by Gasteiger charge is 2.26. The number of aromatic amines is 1. The first kappa shape index (κ1) is 25.0. The van der Waals surface area contributed by atoms with Gasteiger partial charge >= 0.3 is 0 Å². The normalized spacial score (nSPS) is 15.0. The van der Waals surface area contributed by atoms with E-state index in [1.165, 1.54) is 5.69 Å². The van der Waals surface area contributed by atoms with Crippen LogP contribution in [0.4, 0.5) is 11.5 Å². The monoisotopic (exact) mass is 502 g/mol. The number of ether oxygens (including phenoxy) is 1. The summed E-state index contributed by atoms with van der Waals surface area (Å²) in [7, 11) is 1.65. The van der Waals surface area contributed by atoms with Crippen LogP contribution in [0.2, 0.25) is 0 Å². The van der Waals surface area contributed by atoms with Gasteiger partial charge in [0, 0.05) is 48.3 Å². The average molecular weight is 503 g/mol. The van der Waals surface area contributed by atoms with Crippen molar-refractivity contribution >= 4 is 22.4 Å². The first-order valence-corrected chi connectivity index (χ1v) is 12.8. The van der Waals surface area contributed by atoms with Crippen molar-refractivity contribution in [1.82, 2.24) is 19.9 Å². The second-order valence-corrected chi connectivity index (χ2v) is 10.7. The SMILES string of the molecule is COc1cncnc1N1CCN(CCCc2cc3cc(-c4c(NC(C)(C)C)c(=O)c4=O)ccc3[nH]2)CC1. The number of rotatable bonds is 8. The Kier molecular flexibility index (Phi) is 6.72. The lowest BCUT2D eigenvalue weighted by Crippen LogP contribution is -2.47. The quantitative estimate of drug-likeness (QED) is 0.354. The molecule has 194 valence electrons. The predicted molar refractivity (Wildman–Crippen MR) is 148 cm³/mol. The van der Waals surface area contributed by atoms with Gasteiger partial charge in [-0.25, -0.2) is 9.97 Å². The zero-order valence-corrected chi connectivity index (χ0v) is 21.9. The highest BCUT2D eigenvalue weighted by molar-refractivity contribution is 5.90. The number of piperazine rings is 1. The summed E-state index contributed by atoms with van der Waals surface area (Å²) in [5.74, 6) is 1.57. The van der Waals surface area contributed by atoms with E-state index in [9.17, 15) is 9.59 Å². The predicted octanol–water partition coefficient (Wildman–Crippen LogP) is 3.19. The molecule has 1 fully saturated rings. The van der Waals surface area contributed by atoms with Gasteiger partial charge in [0.1, 0.15) is 6.33 Å². The molecule has 1 aliphatic rings. The number of methoxy groups -OCH3 is 1. The average Bonchev–Trinajstić information content (AvgIpc) is 3.30. The first-order valence-electron chi connectivity index (χ1n) is 12.8. The van der Waals surface area contributed by atoms with E-state index in [1.54, 1.807) is 19.6 Å². The van der Waals surface area contributed by atoms with Crippen LogP contribution in [0.5, 0.6) is 5.75 Å². The third-order valence-electron chi connectivity index (χ3n) is 6.85. The van der Waals surface area contributed by atoms with Crippen molar-refractivity contribution in [3.8, 4) is 16.9 Å². The topological polar surface area (TPSA) is 103 Å². The molecule has 0 saturated carbocycles. The van der Waals surface area contributed by atoms with Gasteiger partial charge in [0.2, 0.25) is 10.9 Å². The van der Waals surface area contributed by atoms with Crippen molar-refractivity contribution in [2.24, 2.45) is 0 Å². The van der Waals surface area contributed by atoms with Gasteiger partial charge in [-0.15, -0.1) is 0 Å². The Balaban J connectivity index is 1.18. The largest absolute Gasteiger partial charge is 0.491 e. The lowest BCUT2D eigenvalue weighted by atomic mass is 9.95. The molecule has 2 aromatic carbocycles. The second kappa shape index (κ2) is 9.97. The molecule has 9 heteroatoms. The highest BCUT2D eigenvalue weighted by atomic mass is 16.5. The Labute approximate surface area is 216 Å². The fourth-order valence-electron chi connectivity index (χ4n) is 5.01. The third-order valence-corrected chi connectivity index (χ3v) is 6.85. The maximum atomic E-state index is 12.3. The van der Waals surface area contributed by atoms with Gasteiger partial charge in [-0.05, 0) is 63.9 Å². The van der Waals surface area contributed by atoms with Crippen LogP contribution in [0.3, 0.4) is 0 Å². The molecule has 4 aromatic rings. The molecule has 0 amide bonds. The molecule has 0 radical (unpaired) electrons. The number of H-pyrrole nitrogens is 1. The zero-order valence-electron chi connectivity index (χ0n) is 21.9. The number of fused-ring (bicyclic) bond motifs is 1. The number of hydrogen-bond donors (Lipinski definition) is 2. The molecule has 1 aliphatic heterocycles. The standard InChI is InChI=1S/C28H34N6O3/c1-28(2,3)32-24-23(25(35)26(24)36)18-7-8-21-19(14-18)15-20(31-21)6-5-9-33-10-12-34(13-11-33)27-22(37-4)16-29-17-30-27/h7-8,14-17,31-32H,5-6,9-13H2,1-4H3. The molecule has 37 heavy (non-hydrogen) atoms. The van der Waals surface area contributed by atoms with Crippen molar-refractivity contribution in [3.63, 3.8) is 0 Å². The lowest BCUT2D eigenvalue weighted by Gasteiger charge is -2.35. The second-order valence-electron chi connectivity index (χ2n) is 10.7. The molecule has 0 atom stereocenters. The molecule has 9 nitrogen and oxygen atoms in total. The van der Waals surface area contributed by atoms with Crippen molar-refractivity contribution in [2.45, 2.75) is 39.2 Å². The van der Waals surface area contributed by atoms with Gasteiger partial charge in [-0.2, -0.15) is 0 Å². The number of nitrogens with zero attached hydrogens (tertiary/aromatic N) is 4. The molecular weight excluding hydrogens is 468 g/mol. The molecule has 0 unspecified atom stereocenters. The van der Waals surface area contributed by atoms with Gasteiger partial charge in [-0.1, -0.05) is 6.07 Å². The molecule has 0 aliphatic carbocycles. The summed E-state index contributed by atoms with van der Waals surface area (Å²) in [6, 6.07) is 8.06. The van der Waals surface area contributed by atoms with Gasteiger partial charge in [0.25, 0.3) is 0 Å². The smallest absolute Gasteiger partial charge is 0.250 e. The van der Waals surface area contributed by atoms with E-state index in [0.29, 0.717) is 17.0 Å². The molecule has 1 saturated heterocycles. The van der Waals surface area contributed by atoms with Crippen LogP contribution in [0, 0.1) is 0 Å². The molecule has 2 aromatic heterocycles. The van der Waals surface area contributed by atoms with Gasteiger partial charge < -0.3 is 19.9 Å². The van der Waals surface area contributed by atoms with Crippen LogP contribution in [0.1, 0.15) is 32.9 Å². The van der Waals surface area contributed by atoms with E-state index in [4.69, 9.17) is 4.74 Å². The molecule has 0 bridgehead atoms. The number of nitrogens with one attached hydrogen (secondary N) is 2. The summed E-state index contributed by atoms with van der Waals surface area (Å²) in [5.41, 5.74) is 2.76. The van der Waals surface area contributed by atoms with Crippen molar-refractivity contribution < 1.29 is 4.74 Å². The number of aromatic nitrogens is 3. The maximum absolute atomic E-state index is 12.3. The van der Waals surface area contributed by atoms with Crippen LogP contribution < -0.4 is 25.8 Å². The van der Waals surface area contributed by atoms with Gasteiger partial charge in [0.05, 0.1) is 24.6 Å². The van der Waals surface area contributed by atoms with E-state index in [2.05, 4.69) is 36.1 Å². The Bertz CT molecular complexity index is 1470. The van der Waals surface area contributed by atoms with Crippen molar-refractivity contribution in [2.75, 3.05) is 50.1 Å². The third kappa shape index (κ3) is 5.22. The summed E-state index contributed by atoms with van der Waals surface area (Å²) in [6.45, 7) is 10.7. The molecule has 0 spiro atoms. The summed E-state index contributed by atoms with van der Waals surface area (Å²) in [5, 5.41) is 4.25. The minimum Gasteiger partial charge on any atom is -0.491 e. The van der Waals surface area contributed by atoms with E-state index < -0.39 is 10.9 Å². The van der Waals surface area contributed by atoms with E-state index in [-0.39, 0.29) is 5.54 Å². The van der Waals surface area contributed by atoms with Crippen LogP contribution in [-0.2, 0) is 6.42 Å². The van der Waals surface area contributed by atoms with Crippen molar-refractivity contribution in [3.05, 3.63) is 62.9 Å². The van der Waals surface area contributed by atoms with Crippen LogP contribution in [0.15, 0.2) is 46.4 Å². The fraction of sp³-hybridized carbons (Fsp3) is 0.429. The minimum atomic E-state index is -0.434. The van der Waals surface area contributed by atoms with Crippen LogP contribution in [0.25, 0.3) is 22.0 Å². The Morgan fingerprint density at radius 2 is 1.86 bits per heavy atom. The first-order chi connectivity index (χ1) is 17.7. The number of anilines is 2. The van der Waals surface area contributed by atoms with Gasteiger partial charge in [0.15, 0.2) is 11.6 Å². The molecule has 5 rings (SSSR count). The summed E-state index contributed by atoms with van der Waals surface area (Å²) >= 11 is 0. The Hall–Kier alpha value is -3.72. The summed E-state index contributed by atoms with van der Waals surface area (Å²) in [6.07, 6.45) is 5.27.